The zero-order chi connectivity index (χ0) is 15.0. The summed E-state index contributed by atoms with van der Waals surface area (Å²) in [6.07, 6.45) is 0.979. The Balaban J connectivity index is 2.25. The Kier molecular flexibility index (Phi) is 3.69. The number of ether oxygens (including phenoxy) is 1. The van der Waals surface area contributed by atoms with Crippen LogP contribution < -0.4 is 10.5 Å². The molecule has 2 aromatic heterocycles. The van der Waals surface area contributed by atoms with Crippen LogP contribution in [-0.2, 0) is 13.0 Å². The molecule has 0 fully saturated rings. The van der Waals surface area contributed by atoms with Crippen molar-refractivity contribution >= 4 is 16.3 Å². The van der Waals surface area contributed by atoms with E-state index in [2.05, 4.69) is 18.2 Å². The number of imidazole rings is 1. The third-order valence-electron chi connectivity index (χ3n) is 3.73. The lowest BCUT2D eigenvalue weighted by Crippen LogP contribution is -2.04. The lowest BCUT2D eigenvalue weighted by Gasteiger charge is -2.06. The van der Waals surface area contributed by atoms with Crippen LogP contribution in [0.5, 0.6) is 5.75 Å². The van der Waals surface area contributed by atoms with Gasteiger partial charge in [0.15, 0.2) is 4.96 Å². The van der Waals surface area contributed by atoms with E-state index in [1.54, 1.807) is 18.4 Å². The second kappa shape index (κ2) is 5.50. The molecule has 0 spiro atoms. The molecule has 2 heterocycles. The lowest BCUT2D eigenvalue weighted by molar-refractivity contribution is 0.415. The molecule has 0 atom stereocenters. The molecule has 110 valence electrons. The van der Waals surface area contributed by atoms with Crippen molar-refractivity contribution in [3.8, 4) is 17.0 Å². The predicted octanol–water partition coefficient (Wildman–Crippen LogP) is 3.40. The molecule has 0 aliphatic heterocycles. The maximum atomic E-state index is 6.01. The maximum absolute atomic E-state index is 6.01. The fraction of sp³-hybridized carbons (Fsp3) is 0.312. The molecular formula is C16H19N3OS. The zero-order valence-corrected chi connectivity index (χ0v) is 13.3. The number of nitrogens with two attached hydrogens (primary N) is 1. The first kappa shape index (κ1) is 14.1. The fourth-order valence-corrected chi connectivity index (χ4v) is 3.80. The Morgan fingerprint density at radius 3 is 2.81 bits per heavy atom. The van der Waals surface area contributed by atoms with Crippen LogP contribution in [0.3, 0.4) is 0 Å². The molecule has 4 nitrogen and oxygen atoms in total. The van der Waals surface area contributed by atoms with Crippen LogP contribution in [0.25, 0.3) is 16.2 Å². The maximum Gasteiger partial charge on any atom is 0.194 e. The highest BCUT2D eigenvalue weighted by Crippen LogP contribution is 2.32. The first-order chi connectivity index (χ1) is 10.2. The van der Waals surface area contributed by atoms with E-state index in [1.807, 2.05) is 24.3 Å². The Bertz CT molecular complexity index is 788. The van der Waals surface area contributed by atoms with E-state index in [9.17, 15) is 0 Å². The SMILES string of the molecule is CCc1c(C)sc2nc(-c3cccc(OC)c3)c(CN)n12. The summed E-state index contributed by atoms with van der Waals surface area (Å²) < 4.78 is 7.52. The molecule has 3 aromatic rings. The fourth-order valence-electron chi connectivity index (χ4n) is 2.73. The minimum absolute atomic E-state index is 0.469. The van der Waals surface area contributed by atoms with Crippen molar-refractivity contribution in [1.82, 2.24) is 9.38 Å². The van der Waals surface area contributed by atoms with Crippen molar-refractivity contribution in [2.45, 2.75) is 26.8 Å². The molecule has 0 saturated carbocycles. The summed E-state index contributed by atoms with van der Waals surface area (Å²) in [7, 11) is 1.67. The minimum atomic E-state index is 0.469. The van der Waals surface area contributed by atoms with Crippen LogP contribution in [0.15, 0.2) is 24.3 Å². The van der Waals surface area contributed by atoms with Gasteiger partial charge in [0.05, 0.1) is 18.5 Å². The van der Waals surface area contributed by atoms with Crippen LogP contribution in [0.2, 0.25) is 0 Å². The summed E-state index contributed by atoms with van der Waals surface area (Å²) in [5, 5.41) is 0. The van der Waals surface area contributed by atoms with Gasteiger partial charge in [0.1, 0.15) is 5.75 Å². The van der Waals surface area contributed by atoms with Gasteiger partial charge in [-0.2, -0.15) is 0 Å². The van der Waals surface area contributed by atoms with Gasteiger partial charge in [-0.3, -0.25) is 4.40 Å². The van der Waals surface area contributed by atoms with Gasteiger partial charge < -0.3 is 10.5 Å². The molecule has 21 heavy (non-hydrogen) atoms. The van der Waals surface area contributed by atoms with Gasteiger partial charge in [0.2, 0.25) is 0 Å². The van der Waals surface area contributed by atoms with Gasteiger partial charge in [-0.05, 0) is 25.5 Å². The highest BCUT2D eigenvalue weighted by molar-refractivity contribution is 7.17. The number of fused-ring (bicyclic) bond motifs is 1. The van der Waals surface area contributed by atoms with E-state index in [1.165, 1.54) is 10.6 Å². The summed E-state index contributed by atoms with van der Waals surface area (Å²) in [6.45, 7) is 4.78. The molecule has 5 heteroatoms. The average molecular weight is 301 g/mol. The van der Waals surface area contributed by atoms with Crippen molar-refractivity contribution in [2.75, 3.05) is 7.11 Å². The summed E-state index contributed by atoms with van der Waals surface area (Å²) in [5.74, 6) is 0.832. The highest BCUT2D eigenvalue weighted by atomic mass is 32.1. The standard InChI is InChI=1S/C16H19N3OS/c1-4-13-10(2)21-16-18-15(14(9-17)19(13)16)11-6-5-7-12(8-11)20-3/h5-8H,4,9,17H2,1-3H3. The molecule has 3 rings (SSSR count). The zero-order valence-electron chi connectivity index (χ0n) is 12.5. The van der Waals surface area contributed by atoms with Gasteiger partial charge in [0, 0.05) is 22.7 Å². The van der Waals surface area contributed by atoms with Crippen LogP contribution >= 0.6 is 11.3 Å². The first-order valence-electron chi connectivity index (χ1n) is 7.03. The third-order valence-corrected chi connectivity index (χ3v) is 4.73. The summed E-state index contributed by atoms with van der Waals surface area (Å²) in [5.41, 5.74) is 10.4. The van der Waals surface area contributed by atoms with E-state index in [0.717, 1.165) is 34.1 Å². The smallest absolute Gasteiger partial charge is 0.194 e. The number of nitrogens with zero attached hydrogens (tertiary/aromatic N) is 2. The van der Waals surface area contributed by atoms with Crippen LogP contribution in [-0.4, -0.2) is 16.5 Å². The van der Waals surface area contributed by atoms with Gasteiger partial charge >= 0.3 is 0 Å². The van der Waals surface area contributed by atoms with Crippen molar-refractivity contribution < 1.29 is 4.74 Å². The van der Waals surface area contributed by atoms with E-state index in [-0.39, 0.29) is 0 Å². The Morgan fingerprint density at radius 1 is 1.33 bits per heavy atom. The summed E-state index contributed by atoms with van der Waals surface area (Å²) in [6, 6.07) is 7.97. The highest BCUT2D eigenvalue weighted by Gasteiger charge is 2.18. The monoisotopic (exact) mass is 301 g/mol. The molecule has 0 radical (unpaired) electrons. The molecule has 1 aromatic carbocycles. The quantitative estimate of drug-likeness (QED) is 0.803. The Hall–Kier alpha value is -1.85. The second-order valence-electron chi connectivity index (χ2n) is 4.92. The van der Waals surface area contributed by atoms with Crippen molar-refractivity contribution in [2.24, 2.45) is 5.73 Å². The number of methoxy groups -OCH3 is 1. The number of aryl methyl sites for hydroxylation is 2. The van der Waals surface area contributed by atoms with Crippen molar-refractivity contribution in [3.63, 3.8) is 0 Å². The molecule has 0 unspecified atom stereocenters. The molecule has 0 saturated heterocycles. The second-order valence-corrected chi connectivity index (χ2v) is 6.10. The van der Waals surface area contributed by atoms with Crippen molar-refractivity contribution in [3.05, 3.63) is 40.5 Å². The molecule has 2 N–H and O–H groups in total. The lowest BCUT2D eigenvalue weighted by atomic mass is 10.1. The van der Waals surface area contributed by atoms with Crippen LogP contribution in [0.1, 0.15) is 23.2 Å². The molecule has 0 amide bonds. The molecule has 0 bridgehead atoms. The number of benzene rings is 1. The normalized spacial score (nSPS) is 11.2. The number of rotatable bonds is 4. The predicted molar refractivity (Wildman–Crippen MR) is 87.1 cm³/mol. The number of hydrogen-bond donors (Lipinski definition) is 1. The molecular weight excluding hydrogens is 282 g/mol. The summed E-state index contributed by atoms with van der Waals surface area (Å²) in [4.78, 5) is 7.13. The Labute approximate surface area is 128 Å². The number of aromatic nitrogens is 2. The van der Waals surface area contributed by atoms with Gasteiger partial charge in [-0.1, -0.05) is 19.1 Å². The first-order valence-corrected chi connectivity index (χ1v) is 7.85. The van der Waals surface area contributed by atoms with Crippen LogP contribution in [0.4, 0.5) is 0 Å². The van der Waals surface area contributed by atoms with Gasteiger partial charge in [-0.15, -0.1) is 11.3 Å². The summed E-state index contributed by atoms with van der Waals surface area (Å²) >= 11 is 1.72. The minimum Gasteiger partial charge on any atom is -0.497 e. The van der Waals surface area contributed by atoms with Gasteiger partial charge in [-0.25, -0.2) is 4.98 Å². The molecule has 0 aliphatic rings. The number of thiazole rings is 1. The van der Waals surface area contributed by atoms with E-state index >= 15 is 0 Å². The van der Waals surface area contributed by atoms with E-state index in [0.29, 0.717) is 6.54 Å². The number of hydrogen-bond acceptors (Lipinski definition) is 4. The van der Waals surface area contributed by atoms with Crippen molar-refractivity contribution in [1.29, 1.82) is 0 Å². The Morgan fingerprint density at radius 2 is 2.14 bits per heavy atom. The van der Waals surface area contributed by atoms with E-state index < -0.39 is 0 Å². The van der Waals surface area contributed by atoms with Crippen LogP contribution in [0, 0.1) is 6.92 Å². The largest absolute Gasteiger partial charge is 0.497 e. The molecule has 0 aliphatic carbocycles. The van der Waals surface area contributed by atoms with E-state index in [4.69, 9.17) is 15.5 Å². The third kappa shape index (κ3) is 2.22. The van der Waals surface area contributed by atoms with Gasteiger partial charge in [0.25, 0.3) is 0 Å². The topological polar surface area (TPSA) is 52.5 Å². The average Bonchev–Trinajstić information content (AvgIpc) is 3.01.